The first kappa shape index (κ1) is 9.86. The molecule has 1 saturated heterocycles. The molecular formula is C8H16N2OS. The number of hydrogen-bond acceptors (Lipinski definition) is 3. The lowest BCUT2D eigenvalue weighted by molar-refractivity contribution is -0.131. The van der Waals surface area contributed by atoms with Crippen LogP contribution in [0.2, 0.25) is 0 Å². The molecule has 0 bridgehead atoms. The van der Waals surface area contributed by atoms with Gasteiger partial charge in [0.2, 0.25) is 5.91 Å². The topological polar surface area (TPSA) is 32.3 Å². The van der Waals surface area contributed by atoms with E-state index in [1.165, 1.54) is 0 Å². The molecule has 1 unspecified atom stereocenters. The Morgan fingerprint density at radius 3 is 2.67 bits per heavy atom. The highest BCUT2D eigenvalue weighted by Gasteiger charge is 2.16. The number of nitrogens with one attached hydrogen (secondary N) is 1. The van der Waals surface area contributed by atoms with Gasteiger partial charge in [0.1, 0.15) is 0 Å². The molecule has 0 saturated carbocycles. The van der Waals surface area contributed by atoms with Gasteiger partial charge in [0.05, 0.1) is 0 Å². The van der Waals surface area contributed by atoms with Crippen LogP contribution in [0.3, 0.4) is 0 Å². The number of thiol groups is 1. The Bertz CT molecular complexity index is 155. The molecule has 1 aliphatic rings. The summed E-state index contributed by atoms with van der Waals surface area (Å²) in [4.78, 5) is 13.4. The van der Waals surface area contributed by atoms with Gasteiger partial charge in [-0.1, -0.05) is 6.92 Å². The molecule has 1 amide bonds. The van der Waals surface area contributed by atoms with Gasteiger partial charge in [-0.3, -0.25) is 4.79 Å². The summed E-state index contributed by atoms with van der Waals surface area (Å²) in [6.45, 7) is 5.49. The van der Waals surface area contributed by atoms with Crippen molar-refractivity contribution >= 4 is 18.5 Å². The second-order valence-corrected chi connectivity index (χ2v) is 4.07. The Labute approximate surface area is 78.9 Å². The molecule has 4 heteroatoms. The van der Waals surface area contributed by atoms with Crippen molar-refractivity contribution in [3.8, 4) is 0 Å². The zero-order valence-electron chi connectivity index (χ0n) is 7.42. The molecule has 1 rings (SSSR count). The molecule has 1 atom stereocenters. The predicted octanol–water partition coefficient (Wildman–Crippen LogP) is 0.127. The van der Waals surface area contributed by atoms with E-state index in [2.05, 4.69) is 17.9 Å². The quantitative estimate of drug-likeness (QED) is 0.604. The highest BCUT2D eigenvalue weighted by atomic mass is 32.1. The molecule has 12 heavy (non-hydrogen) atoms. The van der Waals surface area contributed by atoms with Crippen molar-refractivity contribution in [2.24, 2.45) is 0 Å². The first-order valence-corrected chi connectivity index (χ1v) is 4.88. The predicted molar refractivity (Wildman–Crippen MR) is 52.5 cm³/mol. The summed E-state index contributed by atoms with van der Waals surface area (Å²) < 4.78 is 0. The van der Waals surface area contributed by atoms with Crippen LogP contribution in [0.5, 0.6) is 0 Å². The van der Waals surface area contributed by atoms with Crippen LogP contribution in [0.1, 0.15) is 13.3 Å². The fourth-order valence-corrected chi connectivity index (χ4v) is 1.45. The van der Waals surface area contributed by atoms with Gasteiger partial charge in [-0.2, -0.15) is 12.6 Å². The summed E-state index contributed by atoms with van der Waals surface area (Å²) in [5, 5.41) is 3.38. The third kappa shape index (κ3) is 3.03. The van der Waals surface area contributed by atoms with Crippen molar-refractivity contribution in [1.82, 2.24) is 10.2 Å². The smallest absolute Gasteiger partial charge is 0.223 e. The molecular weight excluding hydrogens is 172 g/mol. The molecule has 70 valence electrons. The summed E-state index contributed by atoms with van der Waals surface area (Å²) in [7, 11) is 0. The molecule has 3 nitrogen and oxygen atoms in total. The lowest BCUT2D eigenvalue weighted by Gasteiger charge is -2.27. The Kier molecular flexibility index (Phi) is 3.88. The highest BCUT2D eigenvalue weighted by molar-refractivity contribution is 7.80. The molecule has 1 N–H and O–H groups in total. The van der Waals surface area contributed by atoms with E-state index in [1.807, 2.05) is 11.8 Å². The fraction of sp³-hybridized carbons (Fsp3) is 0.875. The minimum absolute atomic E-state index is 0.174. The lowest BCUT2D eigenvalue weighted by atomic mass is 10.2. The summed E-state index contributed by atoms with van der Waals surface area (Å²) in [5.74, 6) is 0.235. The maximum absolute atomic E-state index is 11.5. The highest BCUT2D eigenvalue weighted by Crippen LogP contribution is 2.04. The van der Waals surface area contributed by atoms with E-state index in [-0.39, 0.29) is 11.2 Å². The first-order valence-electron chi connectivity index (χ1n) is 4.36. The number of piperazine rings is 1. The van der Waals surface area contributed by atoms with Crippen LogP contribution in [-0.4, -0.2) is 42.2 Å². The molecule has 0 radical (unpaired) electrons. The molecule has 1 aliphatic heterocycles. The number of amides is 1. The third-order valence-electron chi connectivity index (χ3n) is 1.94. The molecule has 1 fully saturated rings. The van der Waals surface area contributed by atoms with E-state index in [0.717, 1.165) is 26.2 Å². The van der Waals surface area contributed by atoms with Crippen LogP contribution in [0.15, 0.2) is 0 Å². The minimum Gasteiger partial charge on any atom is -0.340 e. The summed E-state index contributed by atoms with van der Waals surface area (Å²) >= 11 is 4.19. The van der Waals surface area contributed by atoms with Crippen molar-refractivity contribution in [3.63, 3.8) is 0 Å². The van der Waals surface area contributed by atoms with Gasteiger partial charge < -0.3 is 10.2 Å². The second-order valence-electron chi connectivity index (χ2n) is 3.18. The third-order valence-corrected chi connectivity index (χ3v) is 2.12. The van der Waals surface area contributed by atoms with Crippen molar-refractivity contribution in [2.75, 3.05) is 26.2 Å². The second kappa shape index (κ2) is 4.72. The summed E-state index contributed by atoms with van der Waals surface area (Å²) in [6.07, 6.45) is 0.559. The normalized spacial score (nSPS) is 20.7. The van der Waals surface area contributed by atoms with Gasteiger partial charge in [-0.15, -0.1) is 0 Å². The molecule has 0 aliphatic carbocycles. The molecule has 0 aromatic carbocycles. The van der Waals surface area contributed by atoms with Crippen LogP contribution in [0.4, 0.5) is 0 Å². The van der Waals surface area contributed by atoms with Gasteiger partial charge in [0.15, 0.2) is 0 Å². The molecule has 0 aromatic heterocycles. The Morgan fingerprint density at radius 2 is 2.17 bits per heavy atom. The van der Waals surface area contributed by atoms with Crippen molar-refractivity contribution in [2.45, 2.75) is 18.6 Å². The standard InChI is InChI=1S/C8H16N2OS/c1-7(12)6-8(11)10-4-2-9-3-5-10/h7,9,12H,2-6H2,1H3. The number of carbonyl (C=O) groups excluding carboxylic acids is 1. The number of carbonyl (C=O) groups is 1. The largest absolute Gasteiger partial charge is 0.340 e. The van der Waals surface area contributed by atoms with Crippen molar-refractivity contribution in [1.29, 1.82) is 0 Å². The Hall–Kier alpha value is -0.220. The SMILES string of the molecule is CC(S)CC(=O)N1CCNCC1. The van der Waals surface area contributed by atoms with Crippen LogP contribution in [0, 0.1) is 0 Å². The fourth-order valence-electron chi connectivity index (χ4n) is 1.30. The maximum Gasteiger partial charge on any atom is 0.223 e. The van der Waals surface area contributed by atoms with E-state index in [0.29, 0.717) is 6.42 Å². The lowest BCUT2D eigenvalue weighted by Crippen LogP contribution is -2.46. The van der Waals surface area contributed by atoms with Crippen LogP contribution in [-0.2, 0) is 4.79 Å². The van der Waals surface area contributed by atoms with E-state index < -0.39 is 0 Å². The van der Waals surface area contributed by atoms with Crippen LogP contribution in [0.25, 0.3) is 0 Å². The van der Waals surface area contributed by atoms with E-state index >= 15 is 0 Å². The van der Waals surface area contributed by atoms with E-state index in [9.17, 15) is 4.79 Å². The summed E-state index contributed by atoms with van der Waals surface area (Å²) in [5.41, 5.74) is 0. The molecule has 0 aromatic rings. The average molecular weight is 188 g/mol. The monoisotopic (exact) mass is 188 g/mol. The zero-order chi connectivity index (χ0) is 8.97. The molecule has 0 spiro atoms. The van der Waals surface area contributed by atoms with Gasteiger partial charge in [-0.05, 0) is 0 Å². The van der Waals surface area contributed by atoms with Gasteiger partial charge >= 0.3 is 0 Å². The van der Waals surface area contributed by atoms with E-state index in [4.69, 9.17) is 0 Å². The molecule has 1 heterocycles. The Morgan fingerprint density at radius 1 is 1.58 bits per heavy atom. The van der Waals surface area contributed by atoms with Crippen LogP contribution < -0.4 is 5.32 Å². The van der Waals surface area contributed by atoms with Gasteiger partial charge in [0, 0.05) is 37.8 Å². The van der Waals surface area contributed by atoms with Crippen molar-refractivity contribution in [3.05, 3.63) is 0 Å². The minimum atomic E-state index is 0.174. The number of rotatable bonds is 2. The van der Waals surface area contributed by atoms with Gasteiger partial charge in [0.25, 0.3) is 0 Å². The van der Waals surface area contributed by atoms with Gasteiger partial charge in [-0.25, -0.2) is 0 Å². The Balaban J connectivity index is 2.30. The number of hydrogen-bond donors (Lipinski definition) is 2. The van der Waals surface area contributed by atoms with Crippen LogP contribution >= 0.6 is 12.6 Å². The number of nitrogens with zero attached hydrogens (tertiary/aromatic N) is 1. The average Bonchev–Trinajstić information content (AvgIpc) is 2.05. The van der Waals surface area contributed by atoms with Crippen molar-refractivity contribution < 1.29 is 4.79 Å². The van der Waals surface area contributed by atoms with E-state index in [1.54, 1.807) is 0 Å². The zero-order valence-corrected chi connectivity index (χ0v) is 8.31. The maximum atomic E-state index is 11.5. The summed E-state index contributed by atoms with van der Waals surface area (Å²) in [6, 6.07) is 0. The first-order chi connectivity index (χ1) is 5.70.